The van der Waals surface area contributed by atoms with Gasteiger partial charge < -0.3 is 10.5 Å². The number of nitrogens with zero attached hydrogens (tertiary/aromatic N) is 2. The molecule has 0 saturated carbocycles. The van der Waals surface area contributed by atoms with Crippen LogP contribution in [0.15, 0.2) is 30.6 Å². The van der Waals surface area contributed by atoms with E-state index in [0.29, 0.717) is 17.0 Å². The van der Waals surface area contributed by atoms with Crippen molar-refractivity contribution in [1.82, 2.24) is 4.98 Å². The average molecular weight is 239 g/mol. The van der Waals surface area contributed by atoms with Crippen LogP contribution < -0.4 is 10.5 Å². The fraction of sp³-hybridized carbons (Fsp3) is 0.143. The lowest BCUT2D eigenvalue weighted by molar-refractivity contribution is 0.473. The van der Waals surface area contributed by atoms with Crippen molar-refractivity contribution in [3.05, 3.63) is 47.3 Å². The van der Waals surface area contributed by atoms with Crippen LogP contribution in [-0.4, -0.2) is 4.98 Å². The third-order valence-corrected chi connectivity index (χ3v) is 2.54. The van der Waals surface area contributed by atoms with Gasteiger partial charge in [-0.2, -0.15) is 5.26 Å². The Kier molecular flexibility index (Phi) is 3.16. The maximum absolute atomic E-state index is 8.89. The molecule has 2 aromatic rings. The molecule has 2 N–H and O–H groups in total. The van der Waals surface area contributed by atoms with Crippen LogP contribution in [0.25, 0.3) is 0 Å². The summed E-state index contributed by atoms with van der Waals surface area (Å²) in [4.78, 5) is 3.97. The Bertz CT molecular complexity index is 606. The summed E-state index contributed by atoms with van der Waals surface area (Å²) in [7, 11) is 0. The third kappa shape index (κ3) is 2.41. The van der Waals surface area contributed by atoms with Gasteiger partial charge in [0.1, 0.15) is 11.5 Å². The molecular weight excluding hydrogens is 226 g/mol. The van der Waals surface area contributed by atoms with Crippen molar-refractivity contribution in [3.8, 4) is 17.6 Å². The lowest BCUT2D eigenvalue weighted by Gasteiger charge is -2.12. The van der Waals surface area contributed by atoms with Gasteiger partial charge in [0.2, 0.25) is 0 Å². The smallest absolute Gasteiger partial charge is 0.147 e. The quantitative estimate of drug-likeness (QED) is 0.874. The highest BCUT2D eigenvalue weighted by Crippen LogP contribution is 2.29. The Morgan fingerprint density at radius 1 is 1.17 bits per heavy atom. The number of anilines is 1. The zero-order chi connectivity index (χ0) is 13.1. The summed E-state index contributed by atoms with van der Waals surface area (Å²) in [6.07, 6.45) is 3.17. The van der Waals surface area contributed by atoms with Crippen LogP contribution in [0.1, 0.15) is 16.7 Å². The number of nitrogens with two attached hydrogens (primary N) is 1. The van der Waals surface area contributed by atoms with Gasteiger partial charge in [0.05, 0.1) is 29.7 Å². The number of rotatable bonds is 2. The first-order valence-electron chi connectivity index (χ1n) is 5.50. The lowest BCUT2D eigenvalue weighted by atomic mass is 10.1. The monoisotopic (exact) mass is 239 g/mol. The van der Waals surface area contributed by atoms with E-state index in [9.17, 15) is 0 Å². The minimum absolute atomic E-state index is 0.552. The van der Waals surface area contributed by atoms with Gasteiger partial charge in [-0.15, -0.1) is 0 Å². The van der Waals surface area contributed by atoms with Gasteiger partial charge >= 0.3 is 0 Å². The molecule has 0 aliphatic carbocycles. The highest BCUT2D eigenvalue weighted by Gasteiger charge is 2.08. The summed E-state index contributed by atoms with van der Waals surface area (Å²) < 4.78 is 5.77. The predicted molar refractivity (Wildman–Crippen MR) is 69.4 cm³/mol. The molecule has 0 fully saturated rings. The van der Waals surface area contributed by atoms with E-state index < -0.39 is 0 Å². The van der Waals surface area contributed by atoms with E-state index in [4.69, 9.17) is 15.7 Å². The fourth-order valence-corrected chi connectivity index (χ4v) is 1.79. The van der Waals surface area contributed by atoms with E-state index in [1.54, 1.807) is 30.6 Å². The van der Waals surface area contributed by atoms with Crippen LogP contribution >= 0.6 is 0 Å². The zero-order valence-corrected chi connectivity index (χ0v) is 10.3. The molecule has 0 atom stereocenters. The number of hydrogen-bond acceptors (Lipinski definition) is 4. The Morgan fingerprint density at radius 2 is 1.83 bits per heavy atom. The van der Waals surface area contributed by atoms with Crippen LogP contribution in [0, 0.1) is 25.2 Å². The van der Waals surface area contributed by atoms with E-state index in [1.165, 1.54) is 0 Å². The molecule has 1 aromatic carbocycles. The molecule has 2 rings (SSSR count). The lowest BCUT2D eigenvalue weighted by Crippen LogP contribution is -1.94. The van der Waals surface area contributed by atoms with E-state index >= 15 is 0 Å². The van der Waals surface area contributed by atoms with Crippen molar-refractivity contribution in [3.63, 3.8) is 0 Å². The number of pyridine rings is 1. The van der Waals surface area contributed by atoms with Crippen LogP contribution in [0.2, 0.25) is 0 Å². The standard InChI is InChI=1S/C14H13N3O/c1-9-3-11(6-15)4-10(2)14(9)18-13-5-12(16)7-17-8-13/h3-5,7-8H,16H2,1-2H3. The second-order valence-electron chi connectivity index (χ2n) is 4.11. The molecule has 0 unspecified atom stereocenters. The van der Waals surface area contributed by atoms with Gasteiger partial charge in [0.15, 0.2) is 0 Å². The summed E-state index contributed by atoms with van der Waals surface area (Å²) in [6, 6.07) is 7.42. The van der Waals surface area contributed by atoms with Crippen molar-refractivity contribution in [2.45, 2.75) is 13.8 Å². The normalized spacial score (nSPS) is 9.83. The maximum atomic E-state index is 8.89. The summed E-state index contributed by atoms with van der Waals surface area (Å²) in [5.74, 6) is 1.33. The van der Waals surface area contributed by atoms with Gasteiger partial charge in [-0.1, -0.05) is 0 Å². The predicted octanol–water partition coefficient (Wildman–Crippen LogP) is 2.94. The summed E-state index contributed by atoms with van der Waals surface area (Å²) in [5.41, 5.74) is 8.65. The number of ether oxygens (including phenoxy) is 1. The molecule has 0 aliphatic rings. The molecular formula is C14H13N3O. The molecule has 1 aromatic heterocycles. The number of benzene rings is 1. The molecule has 0 radical (unpaired) electrons. The zero-order valence-electron chi connectivity index (χ0n) is 10.3. The van der Waals surface area contributed by atoms with Crippen LogP contribution in [0.4, 0.5) is 5.69 Å². The Hall–Kier alpha value is -2.54. The number of nitriles is 1. The Morgan fingerprint density at radius 3 is 2.39 bits per heavy atom. The van der Waals surface area contributed by atoms with Crippen molar-refractivity contribution in [2.24, 2.45) is 0 Å². The molecule has 18 heavy (non-hydrogen) atoms. The molecule has 4 heteroatoms. The average Bonchev–Trinajstić information content (AvgIpc) is 2.33. The highest BCUT2D eigenvalue weighted by atomic mass is 16.5. The number of nitrogen functional groups attached to an aromatic ring is 1. The molecule has 0 saturated heterocycles. The third-order valence-electron chi connectivity index (χ3n) is 2.54. The molecule has 0 spiro atoms. The van der Waals surface area contributed by atoms with Crippen molar-refractivity contribution in [2.75, 3.05) is 5.73 Å². The van der Waals surface area contributed by atoms with E-state index in [0.717, 1.165) is 16.9 Å². The summed E-state index contributed by atoms with van der Waals surface area (Å²) in [5, 5.41) is 8.89. The summed E-state index contributed by atoms with van der Waals surface area (Å²) in [6.45, 7) is 3.81. The first kappa shape index (κ1) is 11.9. The largest absolute Gasteiger partial charge is 0.455 e. The molecule has 1 heterocycles. The summed E-state index contributed by atoms with van der Waals surface area (Å²) >= 11 is 0. The Balaban J connectivity index is 2.38. The molecule has 0 aliphatic heterocycles. The topological polar surface area (TPSA) is 71.9 Å². The van der Waals surface area contributed by atoms with E-state index in [-0.39, 0.29) is 0 Å². The molecule has 0 bridgehead atoms. The molecule has 4 nitrogen and oxygen atoms in total. The highest BCUT2D eigenvalue weighted by molar-refractivity contribution is 5.50. The van der Waals surface area contributed by atoms with E-state index in [1.807, 2.05) is 13.8 Å². The van der Waals surface area contributed by atoms with Gasteiger partial charge in [0, 0.05) is 6.07 Å². The van der Waals surface area contributed by atoms with Gasteiger partial charge in [-0.3, -0.25) is 4.98 Å². The van der Waals surface area contributed by atoms with Gasteiger partial charge in [-0.25, -0.2) is 0 Å². The first-order valence-corrected chi connectivity index (χ1v) is 5.50. The Labute approximate surface area is 106 Å². The first-order chi connectivity index (χ1) is 8.60. The van der Waals surface area contributed by atoms with Crippen molar-refractivity contribution >= 4 is 5.69 Å². The van der Waals surface area contributed by atoms with Crippen LogP contribution in [0.5, 0.6) is 11.5 Å². The number of aromatic nitrogens is 1. The number of hydrogen-bond donors (Lipinski definition) is 1. The minimum atomic E-state index is 0.552. The van der Waals surface area contributed by atoms with Crippen molar-refractivity contribution < 1.29 is 4.74 Å². The van der Waals surface area contributed by atoms with Crippen molar-refractivity contribution in [1.29, 1.82) is 5.26 Å². The second kappa shape index (κ2) is 4.76. The second-order valence-corrected chi connectivity index (χ2v) is 4.11. The van der Waals surface area contributed by atoms with Crippen LogP contribution in [0.3, 0.4) is 0 Å². The fourth-order valence-electron chi connectivity index (χ4n) is 1.79. The van der Waals surface area contributed by atoms with E-state index in [2.05, 4.69) is 11.1 Å². The maximum Gasteiger partial charge on any atom is 0.147 e. The van der Waals surface area contributed by atoms with Gasteiger partial charge in [0.25, 0.3) is 0 Å². The minimum Gasteiger partial charge on any atom is -0.455 e. The number of aryl methyl sites for hydroxylation is 2. The van der Waals surface area contributed by atoms with Crippen LogP contribution in [-0.2, 0) is 0 Å². The van der Waals surface area contributed by atoms with Gasteiger partial charge in [-0.05, 0) is 37.1 Å². The molecule has 90 valence electrons. The SMILES string of the molecule is Cc1cc(C#N)cc(C)c1Oc1cncc(N)c1. The molecule has 0 amide bonds.